The topological polar surface area (TPSA) is 84.9 Å². The van der Waals surface area contributed by atoms with Gasteiger partial charge >= 0.3 is 0 Å². The zero-order valence-electron chi connectivity index (χ0n) is 18.8. The summed E-state index contributed by atoms with van der Waals surface area (Å²) >= 11 is 0. The molecule has 0 unspecified atom stereocenters. The third-order valence-electron chi connectivity index (χ3n) is 5.52. The van der Waals surface area contributed by atoms with Crippen molar-refractivity contribution < 1.29 is 23.9 Å². The van der Waals surface area contributed by atoms with E-state index in [1.807, 2.05) is 32.0 Å². The molecule has 0 saturated carbocycles. The lowest BCUT2D eigenvalue weighted by molar-refractivity contribution is -0.121. The van der Waals surface area contributed by atoms with E-state index in [2.05, 4.69) is 17.2 Å². The van der Waals surface area contributed by atoms with Gasteiger partial charge in [-0.25, -0.2) is 0 Å². The van der Waals surface area contributed by atoms with Crippen molar-refractivity contribution in [3.8, 4) is 23.3 Å². The summed E-state index contributed by atoms with van der Waals surface area (Å²) in [5.74, 6) is 6.40. The van der Waals surface area contributed by atoms with Crippen LogP contribution in [0.4, 0.5) is 0 Å². The molecule has 0 spiro atoms. The number of ether oxygens (including phenoxy) is 2. The van der Waals surface area contributed by atoms with Gasteiger partial charge < -0.3 is 14.8 Å². The molecule has 2 aromatic carbocycles. The number of nitrogens with one attached hydrogen (secondary N) is 1. The second kappa shape index (κ2) is 9.37. The SMILES string of the molecule is CC1(C)Cc2cccc(OCC#CCNC(=O)CCCN3C(=O)c4ccccc4C3=O)c2O1. The predicted molar refractivity (Wildman–Crippen MR) is 122 cm³/mol. The molecule has 0 aromatic heterocycles. The first kappa shape index (κ1) is 22.4. The van der Waals surface area contributed by atoms with E-state index in [0.717, 1.165) is 17.7 Å². The number of hydrogen-bond acceptors (Lipinski definition) is 5. The molecule has 0 radical (unpaired) electrons. The highest BCUT2D eigenvalue weighted by atomic mass is 16.5. The Balaban J connectivity index is 1.15. The molecule has 0 bridgehead atoms. The van der Waals surface area contributed by atoms with Crippen LogP contribution in [0, 0.1) is 11.8 Å². The molecule has 170 valence electrons. The zero-order valence-corrected chi connectivity index (χ0v) is 18.8. The molecule has 0 saturated heterocycles. The van der Waals surface area contributed by atoms with E-state index in [1.54, 1.807) is 24.3 Å². The highest BCUT2D eigenvalue weighted by Gasteiger charge is 2.34. The Morgan fingerprint density at radius 3 is 2.55 bits per heavy atom. The zero-order chi connectivity index (χ0) is 23.4. The van der Waals surface area contributed by atoms with Crippen LogP contribution in [-0.2, 0) is 11.2 Å². The molecular formula is C26H26N2O5. The molecule has 2 aliphatic rings. The van der Waals surface area contributed by atoms with Crippen LogP contribution < -0.4 is 14.8 Å². The standard InChI is InChI=1S/C26H26N2O5/c1-26(2)17-18-9-7-12-21(23(18)33-26)32-16-6-5-14-27-22(29)13-8-15-28-24(30)19-10-3-4-11-20(19)25(28)31/h3-4,7,9-12H,8,13-17H2,1-2H3,(H,27,29). The van der Waals surface area contributed by atoms with Crippen molar-refractivity contribution in [2.45, 2.75) is 38.7 Å². The van der Waals surface area contributed by atoms with Gasteiger partial charge in [-0.15, -0.1) is 0 Å². The van der Waals surface area contributed by atoms with E-state index in [1.165, 1.54) is 4.90 Å². The molecule has 1 N–H and O–H groups in total. The smallest absolute Gasteiger partial charge is 0.261 e. The molecular weight excluding hydrogens is 420 g/mol. The van der Waals surface area contributed by atoms with Gasteiger partial charge in [-0.1, -0.05) is 36.1 Å². The van der Waals surface area contributed by atoms with Crippen molar-refractivity contribution >= 4 is 17.7 Å². The van der Waals surface area contributed by atoms with Crippen LogP contribution in [0.15, 0.2) is 42.5 Å². The van der Waals surface area contributed by atoms with E-state index in [9.17, 15) is 14.4 Å². The lowest BCUT2D eigenvalue weighted by Gasteiger charge is -2.17. The van der Waals surface area contributed by atoms with E-state index >= 15 is 0 Å². The van der Waals surface area contributed by atoms with Gasteiger partial charge in [0.1, 0.15) is 12.2 Å². The Hall–Kier alpha value is -3.79. The number of benzene rings is 2. The number of nitrogens with zero attached hydrogens (tertiary/aromatic N) is 1. The first-order valence-electron chi connectivity index (χ1n) is 11.0. The highest BCUT2D eigenvalue weighted by molar-refractivity contribution is 6.21. The van der Waals surface area contributed by atoms with Crippen LogP contribution in [0.3, 0.4) is 0 Å². The average Bonchev–Trinajstić information content (AvgIpc) is 3.24. The lowest BCUT2D eigenvalue weighted by atomic mass is 10.0. The molecule has 4 rings (SSSR count). The van der Waals surface area contributed by atoms with Gasteiger partial charge in [-0.2, -0.15) is 0 Å². The molecule has 33 heavy (non-hydrogen) atoms. The molecule has 7 heteroatoms. The summed E-state index contributed by atoms with van der Waals surface area (Å²) in [6, 6.07) is 12.6. The van der Waals surface area contributed by atoms with Crippen LogP contribution in [-0.4, -0.2) is 47.9 Å². The van der Waals surface area contributed by atoms with Gasteiger partial charge in [0, 0.05) is 24.9 Å². The van der Waals surface area contributed by atoms with Crippen molar-refractivity contribution in [3.05, 3.63) is 59.2 Å². The normalized spacial score (nSPS) is 15.3. The maximum atomic E-state index is 12.3. The van der Waals surface area contributed by atoms with E-state index < -0.39 is 0 Å². The van der Waals surface area contributed by atoms with Crippen LogP contribution in [0.1, 0.15) is 53.0 Å². The van der Waals surface area contributed by atoms with Gasteiger partial charge in [-0.05, 0) is 38.5 Å². The average molecular weight is 447 g/mol. The number of imide groups is 1. The molecule has 3 amide bonds. The molecule has 7 nitrogen and oxygen atoms in total. The summed E-state index contributed by atoms with van der Waals surface area (Å²) in [5, 5.41) is 2.72. The summed E-state index contributed by atoms with van der Waals surface area (Å²) < 4.78 is 11.7. The molecule has 2 aliphatic heterocycles. The third-order valence-corrected chi connectivity index (χ3v) is 5.52. The minimum absolute atomic E-state index is 0.182. The van der Waals surface area contributed by atoms with Crippen molar-refractivity contribution in [2.24, 2.45) is 0 Å². The number of rotatable bonds is 7. The number of para-hydroxylation sites is 1. The molecule has 0 atom stereocenters. The maximum absolute atomic E-state index is 12.3. The lowest BCUT2D eigenvalue weighted by Crippen LogP contribution is -2.32. The molecule has 0 fully saturated rings. The molecule has 2 aromatic rings. The van der Waals surface area contributed by atoms with Crippen LogP contribution in [0.2, 0.25) is 0 Å². The molecule has 2 heterocycles. The van der Waals surface area contributed by atoms with Crippen LogP contribution in [0.25, 0.3) is 0 Å². The monoisotopic (exact) mass is 446 g/mol. The fourth-order valence-electron chi connectivity index (χ4n) is 4.00. The first-order chi connectivity index (χ1) is 15.9. The summed E-state index contributed by atoms with van der Waals surface area (Å²) in [7, 11) is 0. The molecule has 0 aliphatic carbocycles. The van der Waals surface area contributed by atoms with E-state index in [0.29, 0.717) is 23.3 Å². The number of hydrogen-bond donors (Lipinski definition) is 1. The van der Waals surface area contributed by atoms with Crippen molar-refractivity contribution in [3.63, 3.8) is 0 Å². The Morgan fingerprint density at radius 1 is 1.09 bits per heavy atom. The number of fused-ring (bicyclic) bond motifs is 2. The van der Waals surface area contributed by atoms with E-state index in [4.69, 9.17) is 9.47 Å². The third kappa shape index (κ3) is 5.01. The second-order valence-electron chi connectivity index (χ2n) is 8.61. The quantitative estimate of drug-likeness (QED) is 0.522. The van der Waals surface area contributed by atoms with Gasteiger partial charge in [0.05, 0.1) is 17.7 Å². The summed E-state index contributed by atoms with van der Waals surface area (Å²) in [6.45, 7) is 4.68. The van der Waals surface area contributed by atoms with E-state index in [-0.39, 0.29) is 49.4 Å². The first-order valence-corrected chi connectivity index (χ1v) is 11.0. The van der Waals surface area contributed by atoms with Gasteiger partial charge in [0.25, 0.3) is 11.8 Å². The largest absolute Gasteiger partial charge is 0.483 e. The second-order valence-corrected chi connectivity index (χ2v) is 8.61. The van der Waals surface area contributed by atoms with Crippen molar-refractivity contribution in [2.75, 3.05) is 19.7 Å². The fraction of sp³-hybridized carbons (Fsp3) is 0.346. The number of carbonyl (C=O) groups excluding carboxylic acids is 3. The maximum Gasteiger partial charge on any atom is 0.261 e. The van der Waals surface area contributed by atoms with Gasteiger partial charge in [-0.3, -0.25) is 19.3 Å². The van der Waals surface area contributed by atoms with Crippen LogP contribution >= 0.6 is 0 Å². The van der Waals surface area contributed by atoms with Gasteiger partial charge in [0.15, 0.2) is 11.5 Å². The Bertz CT molecular complexity index is 1120. The summed E-state index contributed by atoms with van der Waals surface area (Å²) in [4.78, 5) is 37.9. The van der Waals surface area contributed by atoms with Gasteiger partial charge in [0.2, 0.25) is 5.91 Å². The predicted octanol–water partition coefficient (Wildman–Crippen LogP) is 2.97. The number of carbonyl (C=O) groups is 3. The number of amides is 3. The van der Waals surface area contributed by atoms with Crippen LogP contribution in [0.5, 0.6) is 11.5 Å². The minimum Gasteiger partial charge on any atom is -0.483 e. The Kier molecular flexibility index (Phi) is 6.36. The summed E-state index contributed by atoms with van der Waals surface area (Å²) in [5.41, 5.74) is 1.72. The highest BCUT2D eigenvalue weighted by Crippen LogP contribution is 2.41. The Labute approximate surface area is 193 Å². The fourth-order valence-corrected chi connectivity index (χ4v) is 4.00. The minimum atomic E-state index is -0.306. The Morgan fingerprint density at radius 2 is 1.82 bits per heavy atom. The summed E-state index contributed by atoms with van der Waals surface area (Å²) in [6.07, 6.45) is 1.43. The van der Waals surface area contributed by atoms with Crippen molar-refractivity contribution in [1.82, 2.24) is 10.2 Å². The van der Waals surface area contributed by atoms with Crippen molar-refractivity contribution in [1.29, 1.82) is 0 Å².